The summed E-state index contributed by atoms with van der Waals surface area (Å²) >= 11 is 0. The molecule has 5 nitrogen and oxygen atoms in total. The van der Waals surface area contributed by atoms with Gasteiger partial charge in [-0.05, 0) is 37.1 Å². The second-order valence-corrected chi connectivity index (χ2v) is 6.86. The van der Waals surface area contributed by atoms with Crippen molar-refractivity contribution in [2.45, 2.75) is 19.8 Å². The molecule has 2 aromatic carbocycles. The van der Waals surface area contributed by atoms with Crippen molar-refractivity contribution < 1.29 is 13.9 Å². The van der Waals surface area contributed by atoms with Crippen LogP contribution in [0.3, 0.4) is 0 Å². The second kappa shape index (κ2) is 7.66. The first-order valence-corrected chi connectivity index (χ1v) is 9.18. The first-order valence-electron chi connectivity index (χ1n) is 9.18. The first kappa shape index (κ1) is 17.3. The van der Waals surface area contributed by atoms with E-state index in [1.54, 1.807) is 0 Å². The number of carbonyl (C=O) groups is 1. The molecule has 1 aromatic heterocycles. The second-order valence-electron chi connectivity index (χ2n) is 6.86. The van der Waals surface area contributed by atoms with Crippen LogP contribution in [0.15, 0.2) is 59.0 Å². The molecule has 5 heteroatoms. The molecule has 138 valence electrons. The summed E-state index contributed by atoms with van der Waals surface area (Å²) in [6.07, 6.45) is 1.13. The van der Waals surface area contributed by atoms with E-state index in [2.05, 4.69) is 16.4 Å². The lowest BCUT2D eigenvalue weighted by Gasteiger charge is -2.25. The van der Waals surface area contributed by atoms with Crippen molar-refractivity contribution in [2.24, 2.45) is 5.92 Å². The zero-order chi connectivity index (χ0) is 18.6. The number of aryl methyl sites for hydroxylation is 1. The van der Waals surface area contributed by atoms with Crippen molar-refractivity contribution in [2.75, 3.05) is 13.2 Å². The van der Waals surface area contributed by atoms with E-state index in [0.717, 1.165) is 17.7 Å². The Morgan fingerprint density at radius 2 is 1.93 bits per heavy atom. The van der Waals surface area contributed by atoms with Crippen LogP contribution in [0.25, 0.3) is 11.5 Å². The van der Waals surface area contributed by atoms with Crippen molar-refractivity contribution in [1.29, 1.82) is 0 Å². The van der Waals surface area contributed by atoms with Gasteiger partial charge in [-0.1, -0.05) is 36.4 Å². The molecule has 1 aliphatic heterocycles. The van der Waals surface area contributed by atoms with Gasteiger partial charge in [0.25, 0.3) is 0 Å². The van der Waals surface area contributed by atoms with Crippen LogP contribution in [-0.2, 0) is 17.6 Å². The molecule has 0 saturated carbocycles. The normalized spacial score (nSPS) is 15.7. The van der Waals surface area contributed by atoms with Crippen LogP contribution in [0.4, 0.5) is 0 Å². The summed E-state index contributed by atoms with van der Waals surface area (Å²) in [5, 5.41) is 3.01. The van der Waals surface area contributed by atoms with Gasteiger partial charge in [-0.25, -0.2) is 4.98 Å². The van der Waals surface area contributed by atoms with Gasteiger partial charge in [0, 0.05) is 18.0 Å². The standard InChI is InChI=1S/C22H22N2O3/c1-15-19(24-22(27-15)17-7-3-2-4-8-17)12-21(25)23-13-16-11-18-9-5-6-10-20(18)26-14-16/h2-10,16H,11-14H2,1H3,(H,23,25). The number of carbonyl (C=O) groups excluding carboxylic acids is 1. The van der Waals surface area contributed by atoms with E-state index >= 15 is 0 Å². The number of amides is 1. The van der Waals surface area contributed by atoms with Crippen LogP contribution in [0.2, 0.25) is 0 Å². The van der Waals surface area contributed by atoms with Gasteiger partial charge in [0.15, 0.2) is 0 Å². The molecule has 1 N–H and O–H groups in total. The average Bonchev–Trinajstić information content (AvgIpc) is 3.07. The predicted molar refractivity (Wildman–Crippen MR) is 103 cm³/mol. The number of hydrogen-bond donors (Lipinski definition) is 1. The lowest BCUT2D eigenvalue weighted by atomic mass is 9.97. The number of rotatable bonds is 5. The maximum Gasteiger partial charge on any atom is 0.226 e. The SMILES string of the molecule is Cc1oc(-c2ccccc2)nc1CC(=O)NCC1COc2ccccc2C1. The highest BCUT2D eigenvalue weighted by Crippen LogP contribution is 2.26. The van der Waals surface area contributed by atoms with Gasteiger partial charge in [0.1, 0.15) is 11.5 Å². The van der Waals surface area contributed by atoms with E-state index < -0.39 is 0 Å². The topological polar surface area (TPSA) is 64.4 Å². The number of ether oxygens (including phenoxy) is 1. The number of nitrogens with zero attached hydrogens (tertiary/aromatic N) is 1. The van der Waals surface area contributed by atoms with Gasteiger partial charge in [-0.3, -0.25) is 4.79 Å². The lowest BCUT2D eigenvalue weighted by Crippen LogP contribution is -2.35. The Kier molecular flexibility index (Phi) is 4.92. The monoisotopic (exact) mass is 362 g/mol. The molecule has 27 heavy (non-hydrogen) atoms. The number of para-hydroxylation sites is 1. The summed E-state index contributed by atoms with van der Waals surface area (Å²) in [4.78, 5) is 16.9. The molecule has 0 fully saturated rings. The lowest BCUT2D eigenvalue weighted by molar-refractivity contribution is -0.120. The molecular weight excluding hydrogens is 340 g/mol. The fourth-order valence-electron chi connectivity index (χ4n) is 3.29. The number of hydrogen-bond acceptors (Lipinski definition) is 4. The van der Waals surface area contributed by atoms with E-state index in [4.69, 9.17) is 9.15 Å². The number of benzene rings is 2. The highest BCUT2D eigenvalue weighted by Gasteiger charge is 2.21. The van der Waals surface area contributed by atoms with E-state index in [0.29, 0.717) is 30.5 Å². The summed E-state index contributed by atoms with van der Waals surface area (Å²) < 4.78 is 11.5. The molecule has 0 radical (unpaired) electrons. The Bertz CT molecular complexity index is 934. The molecule has 1 unspecified atom stereocenters. The summed E-state index contributed by atoms with van der Waals surface area (Å²) in [6.45, 7) is 3.06. The van der Waals surface area contributed by atoms with Crippen LogP contribution in [0.1, 0.15) is 17.0 Å². The van der Waals surface area contributed by atoms with Crippen LogP contribution in [0, 0.1) is 12.8 Å². The predicted octanol–water partition coefficient (Wildman–Crippen LogP) is 3.56. The fraction of sp³-hybridized carbons (Fsp3) is 0.273. The molecule has 0 saturated heterocycles. The number of aromatic nitrogens is 1. The Hall–Kier alpha value is -3.08. The largest absolute Gasteiger partial charge is 0.493 e. The van der Waals surface area contributed by atoms with Gasteiger partial charge in [0.2, 0.25) is 11.8 Å². The number of nitrogens with one attached hydrogen (secondary N) is 1. The highest BCUT2D eigenvalue weighted by molar-refractivity contribution is 5.78. The molecule has 2 heterocycles. The zero-order valence-electron chi connectivity index (χ0n) is 15.3. The minimum atomic E-state index is -0.0510. The van der Waals surface area contributed by atoms with Gasteiger partial charge in [-0.15, -0.1) is 0 Å². The molecular formula is C22H22N2O3. The third-order valence-corrected chi connectivity index (χ3v) is 4.79. The molecule has 1 aliphatic rings. The summed E-state index contributed by atoms with van der Waals surface area (Å²) in [7, 11) is 0. The zero-order valence-corrected chi connectivity index (χ0v) is 15.3. The van der Waals surface area contributed by atoms with Gasteiger partial charge < -0.3 is 14.5 Å². The van der Waals surface area contributed by atoms with E-state index in [1.807, 2.05) is 55.5 Å². The molecule has 0 spiro atoms. The molecule has 4 rings (SSSR count). The Labute approximate surface area is 158 Å². The van der Waals surface area contributed by atoms with Gasteiger partial charge >= 0.3 is 0 Å². The molecule has 1 atom stereocenters. The van der Waals surface area contributed by atoms with Crippen molar-refractivity contribution in [3.63, 3.8) is 0 Å². The Balaban J connectivity index is 1.33. The van der Waals surface area contributed by atoms with Crippen molar-refractivity contribution >= 4 is 5.91 Å². The van der Waals surface area contributed by atoms with Crippen molar-refractivity contribution in [1.82, 2.24) is 10.3 Å². The van der Waals surface area contributed by atoms with Gasteiger partial charge in [0.05, 0.1) is 18.7 Å². The quantitative estimate of drug-likeness (QED) is 0.754. The smallest absolute Gasteiger partial charge is 0.226 e. The first-order chi connectivity index (χ1) is 13.2. The molecule has 0 aliphatic carbocycles. The summed E-state index contributed by atoms with van der Waals surface area (Å²) in [5.74, 6) is 2.41. The third-order valence-electron chi connectivity index (χ3n) is 4.79. The van der Waals surface area contributed by atoms with Crippen molar-refractivity contribution in [3.8, 4) is 17.2 Å². The van der Waals surface area contributed by atoms with Gasteiger partial charge in [-0.2, -0.15) is 0 Å². The number of oxazole rings is 1. The Morgan fingerprint density at radius 1 is 1.15 bits per heavy atom. The van der Waals surface area contributed by atoms with E-state index in [1.165, 1.54) is 5.56 Å². The van der Waals surface area contributed by atoms with Crippen LogP contribution in [0.5, 0.6) is 5.75 Å². The van der Waals surface area contributed by atoms with E-state index in [9.17, 15) is 4.79 Å². The van der Waals surface area contributed by atoms with Crippen LogP contribution in [-0.4, -0.2) is 24.0 Å². The summed E-state index contributed by atoms with van der Waals surface area (Å²) in [6, 6.07) is 17.8. The summed E-state index contributed by atoms with van der Waals surface area (Å²) in [5.41, 5.74) is 2.78. The molecule has 0 bridgehead atoms. The van der Waals surface area contributed by atoms with E-state index in [-0.39, 0.29) is 18.2 Å². The van der Waals surface area contributed by atoms with Crippen LogP contribution >= 0.6 is 0 Å². The fourth-order valence-corrected chi connectivity index (χ4v) is 3.29. The minimum Gasteiger partial charge on any atom is -0.493 e. The average molecular weight is 362 g/mol. The molecule has 1 amide bonds. The third kappa shape index (κ3) is 4.03. The molecule has 3 aromatic rings. The number of fused-ring (bicyclic) bond motifs is 1. The Morgan fingerprint density at radius 3 is 2.78 bits per heavy atom. The van der Waals surface area contributed by atoms with Crippen molar-refractivity contribution in [3.05, 3.63) is 71.6 Å². The maximum atomic E-state index is 12.4. The minimum absolute atomic E-state index is 0.0510. The van der Waals surface area contributed by atoms with Crippen LogP contribution < -0.4 is 10.1 Å². The highest BCUT2D eigenvalue weighted by atomic mass is 16.5. The maximum absolute atomic E-state index is 12.4.